The lowest BCUT2D eigenvalue weighted by molar-refractivity contribution is 0.277. The van der Waals surface area contributed by atoms with Gasteiger partial charge in [0.05, 0.1) is 18.6 Å². The first-order chi connectivity index (χ1) is 6.86. The average Bonchev–Trinajstić information content (AvgIpc) is 2.27. The molecule has 2 nitrogen and oxygen atoms in total. The molecule has 1 aliphatic heterocycles. The smallest absolute Gasteiger partial charge is 0.126 e. The third-order valence-corrected chi connectivity index (χ3v) is 2.69. The number of hydrogen-bond donors (Lipinski definition) is 0. The Morgan fingerprint density at radius 1 is 1.57 bits per heavy atom. The van der Waals surface area contributed by atoms with Crippen molar-refractivity contribution in [1.29, 1.82) is 5.26 Å². The van der Waals surface area contributed by atoms with E-state index in [1.165, 1.54) is 5.56 Å². The van der Waals surface area contributed by atoms with Gasteiger partial charge in [-0.1, -0.05) is 25.1 Å². The van der Waals surface area contributed by atoms with Gasteiger partial charge in [-0.2, -0.15) is 5.26 Å². The van der Waals surface area contributed by atoms with Crippen molar-refractivity contribution in [3.63, 3.8) is 0 Å². The van der Waals surface area contributed by atoms with Gasteiger partial charge in [-0.15, -0.1) is 0 Å². The molecule has 72 valence electrons. The molecule has 0 N–H and O–H groups in total. The lowest BCUT2D eigenvalue weighted by Gasteiger charge is -2.23. The van der Waals surface area contributed by atoms with E-state index >= 15 is 0 Å². The van der Waals surface area contributed by atoms with Crippen LogP contribution in [0.15, 0.2) is 18.2 Å². The molecule has 0 aromatic heterocycles. The van der Waals surface area contributed by atoms with Crippen molar-refractivity contribution in [3.8, 4) is 11.8 Å². The largest absolute Gasteiger partial charge is 0.493 e. The average molecular weight is 187 g/mol. The maximum Gasteiger partial charge on any atom is 0.126 e. The van der Waals surface area contributed by atoms with Gasteiger partial charge in [0.25, 0.3) is 0 Å². The summed E-state index contributed by atoms with van der Waals surface area (Å²) in [6.45, 7) is 2.78. The molecule has 0 saturated carbocycles. The Morgan fingerprint density at radius 2 is 2.43 bits per heavy atom. The number of hydrogen-bond acceptors (Lipinski definition) is 2. The lowest BCUT2D eigenvalue weighted by Crippen LogP contribution is -2.14. The number of ether oxygens (including phenoxy) is 1. The van der Waals surface area contributed by atoms with Crippen LogP contribution in [-0.2, 0) is 6.42 Å². The fourth-order valence-electron chi connectivity index (χ4n) is 1.90. The van der Waals surface area contributed by atoms with Gasteiger partial charge in [0, 0.05) is 12.0 Å². The Kier molecular flexibility index (Phi) is 2.41. The highest BCUT2D eigenvalue weighted by atomic mass is 16.5. The normalized spacial score (nSPS) is 19.3. The first-order valence-electron chi connectivity index (χ1n) is 5.01. The number of nitrogens with zero attached hydrogens (tertiary/aromatic N) is 1. The number of benzene rings is 1. The maximum absolute atomic E-state index is 9.00. The van der Waals surface area contributed by atoms with E-state index in [1.807, 2.05) is 12.1 Å². The van der Waals surface area contributed by atoms with Gasteiger partial charge < -0.3 is 4.74 Å². The third kappa shape index (κ3) is 1.35. The highest BCUT2D eigenvalue weighted by Crippen LogP contribution is 2.35. The maximum atomic E-state index is 9.00. The molecule has 1 aromatic carbocycles. The van der Waals surface area contributed by atoms with Crippen LogP contribution in [0.1, 0.15) is 30.4 Å². The zero-order chi connectivity index (χ0) is 9.97. The molecule has 0 amide bonds. The molecule has 0 saturated heterocycles. The summed E-state index contributed by atoms with van der Waals surface area (Å²) in [6.07, 6.45) is 1.78. The first-order valence-corrected chi connectivity index (χ1v) is 5.01. The molecule has 1 atom stereocenters. The summed E-state index contributed by atoms with van der Waals surface area (Å²) in [5.41, 5.74) is 2.28. The fraction of sp³-hybridized carbons (Fsp3) is 0.417. The SMILES string of the molecule is CCc1cccc2c1OCCC2C#N. The van der Waals surface area contributed by atoms with E-state index in [0.29, 0.717) is 6.61 Å². The van der Waals surface area contributed by atoms with E-state index in [-0.39, 0.29) is 5.92 Å². The zero-order valence-electron chi connectivity index (χ0n) is 8.29. The Bertz CT molecular complexity index is 378. The molecule has 0 fully saturated rings. The van der Waals surface area contributed by atoms with Crippen molar-refractivity contribution in [2.75, 3.05) is 6.61 Å². The van der Waals surface area contributed by atoms with Crippen molar-refractivity contribution in [1.82, 2.24) is 0 Å². The topological polar surface area (TPSA) is 33.0 Å². The van der Waals surface area contributed by atoms with E-state index in [4.69, 9.17) is 10.00 Å². The van der Waals surface area contributed by atoms with Crippen molar-refractivity contribution in [3.05, 3.63) is 29.3 Å². The second kappa shape index (κ2) is 3.71. The van der Waals surface area contributed by atoms with E-state index in [9.17, 15) is 0 Å². The van der Waals surface area contributed by atoms with E-state index in [0.717, 1.165) is 24.2 Å². The Morgan fingerprint density at radius 3 is 3.14 bits per heavy atom. The molecule has 2 heteroatoms. The van der Waals surface area contributed by atoms with Crippen molar-refractivity contribution in [2.45, 2.75) is 25.7 Å². The molecule has 0 aliphatic carbocycles. The Labute approximate surface area is 84.1 Å². The van der Waals surface area contributed by atoms with E-state index in [1.54, 1.807) is 0 Å². The van der Waals surface area contributed by atoms with Crippen LogP contribution < -0.4 is 4.74 Å². The minimum Gasteiger partial charge on any atom is -0.493 e. The molecule has 1 aromatic rings. The fourth-order valence-corrected chi connectivity index (χ4v) is 1.90. The quantitative estimate of drug-likeness (QED) is 0.677. The van der Waals surface area contributed by atoms with Crippen LogP contribution in [0.2, 0.25) is 0 Å². The van der Waals surface area contributed by atoms with Crippen LogP contribution in [-0.4, -0.2) is 6.61 Å². The molecular formula is C12H13NO. The number of nitriles is 1. The molecule has 2 rings (SSSR count). The predicted molar refractivity (Wildman–Crippen MR) is 54.3 cm³/mol. The van der Waals surface area contributed by atoms with Crippen molar-refractivity contribution < 1.29 is 4.74 Å². The number of fused-ring (bicyclic) bond motifs is 1. The molecule has 1 unspecified atom stereocenters. The minimum atomic E-state index is 0.0187. The summed E-state index contributed by atoms with van der Waals surface area (Å²) in [4.78, 5) is 0. The highest BCUT2D eigenvalue weighted by molar-refractivity contribution is 5.46. The summed E-state index contributed by atoms with van der Waals surface area (Å²) < 4.78 is 5.63. The predicted octanol–water partition coefficient (Wildman–Crippen LogP) is 2.64. The monoisotopic (exact) mass is 187 g/mol. The van der Waals surface area contributed by atoms with Gasteiger partial charge in [0.1, 0.15) is 5.75 Å². The lowest BCUT2D eigenvalue weighted by atomic mass is 9.92. The number of aryl methyl sites for hydroxylation is 1. The third-order valence-electron chi connectivity index (χ3n) is 2.69. The van der Waals surface area contributed by atoms with Crippen LogP contribution in [0.25, 0.3) is 0 Å². The van der Waals surface area contributed by atoms with Gasteiger partial charge in [0.15, 0.2) is 0 Å². The van der Waals surface area contributed by atoms with Crippen LogP contribution in [0.4, 0.5) is 0 Å². The van der Waals surface area contributed by atoms with Crippen LogP contribution in [0.3, 0.4) is 0 Å². The van der Waals surface area contributed by atoms with Gasteiger partial charge >= 0.3 is 0 Å². The van der Waals surface area contributed by atoms with E-state index in [2.05, 4.69) is 19.1 Å². The van der Waals surface area contributed by atoms with Crippen molar-refractivity contribution in [2.24, 2.45) is 0 Å². The Hall–Kier alpha value is -1.49. The molecule has 1 heterocycles. The van der Waals surface area contributed by atoms with Crippen LogP contribution >= 0.6 is 0 Å². The number of para-hydroxylation sites is 1. The van der Waals surface area contributed by atoms with Crippen LogP contribution in [0, 0.1) is 11.3 Å². The summed E-state index contributed by atoms with van der Waals surface area (Å²) in [6, 6.07) is 8.41. The van der Waals surface area contributed by atoms with Crippen LogP contribution in [0.5, 0.6) is 5.75 Å². The summed E-state index contributed by atoms with van der Waals surface area (Å²) in [5.74, 6) is 0.970. The summed E-state index contributed by atoms with van der Waals surface area (Å²) in [7, 11) is 0. The molecule has 0 spiro atoms. The van der Waals surface area contributed by atoms with Crippen molar-refractivity contribution >= 4 is 0 Å². The van der Waals surface area contributed by atoms with E-state index < -0.39 is 0 Å². The Balaban J connectivity index is 2.50. The number of rotatable bonds is 1. The molecule has 0 bridgehead atoms. The van der Waals surface area contributed by atoms with Gasteiger partial charge in [-0.05, 0) is 12.0 Å². The minimum absolute atomic E-state index is 0.0187. The zero-order valence-corrected chi connectivity index (χ0v) is 8.29. The first kappa shape index (κ1) is 9.08. The van der Waals surface area contributed by atoms with Gasteiger partial charge in [-0.25, -0.2) is 0 Å². The second-order valence-electron chi connectivity index (χ2n) is 3.51. The van der Waals surface area contributed by atoms with Gasteiger partial charge in [0.2, 0.25) is 0 Å². The van der Waals surface area contributed by atoms with Gasteiger partial charge in [-0.3, -0.25) is 0 Å². The molecule has 1 aliphatic rings. The molecular weight excluding hydrogens is 174 g/mol. The standard InChI is InChI=1S/C12H13NO/c1-2-9-4-3-5-11-10(8-13)6-7-14-12(9)11/h3-5,10H,2,6-7H2,1H3. The summed E-state index contributed by atoms with van der Waals surface area (Å²) in [5, 5.41) is 9.00. The molecule has 14 heavy (non-hydrogen) atoms. The second-order valence-corrected chi connectivity index (χ2v) is 3.51. The summed E-state index contributed by atoms with van der Waals surface area (Å²) >= 11 is 0. The highest BCUT2D eigenvalue weighted by Gasteiger charge is 2.22. The molecule has 0 radical (unpaired) electrons.